The van der Waals surface area contributed by atoms with E-state index in [1.54, 1.807) is 6.20 Å². The molecule has 7 heteroatoms. The largest absolute Gasteiger partial charge is 0.376 e. The van der Waals surface area contributed by atoms with Crippen LogP contribution in [-0.4, -0.2) is 45.8 Å². The lowest BCUT2D eigenvalue weighted by Gasteiger charge is -2.36. The lowest BCUT2D eigenvalue weighted by Crippen LogP contribution is -2.44. The topological polar surface area (TPSA) is 63.4 Å². The van der Waals surface area contributed by atoms with Crippen LogP contribution in [0.4, 0.5) is 5.69 Å². The number of carbonyl (C=O) groups is 1. The van der Waals surface area contributed by atoms with E-state index in [4.69, 9.17) is 0 Å². The van der Waals surface area contributed by atoms with Gasteiger partial charge in [0, 0.05) is 45.1 Å². The molecule has 1 aliphatic rings. The monoisotopic (exact) mass is 329 g/mol. The van der Waals surface area contributed by atoms with Crippen LogP contribution >= 0.6 is 0 Å². The molecule has 24 heavy (non-hydrogen) atoms. The summed E-state index contributed by atoms with van der Waals surface area (Å²) in [6.07, 6.45) is 4.50. The van der Waals surface area contributed by atoms with Gasteiger partial charge >= 0.3 is 0 Å². The maximum Gasteiger partial charge on any atom is 0.269 e. The van der Waals surface area contributed by atoms with Crippen LogP contribution in [0.2, 0.25) is 0 Å². The van der Waals surface area contributed by atoms with Crippen LogP contribution in [0.25, 0.3) is 0 Å². The Labute approximate surface area is 141 Å². The Morgan fingerprint density at radius 1 is 1.38 bits per heavy atom. The van der Waals surface area contributed by atoms with Gasteiger partial charge in [0.1, 0.15) is 6.54 Å². The molecule has 2 aromatic heterocycles. The molecule has 2 aromatic rings. The van der Waals surface area contributed by atoms with Crippen LogP contribution in [0, 0.1) is 0 Å². The molecule has 3 rings (SSSR count). The van der Waals surface area contributed by atoms with Crippen LogP contribution in [0.3, 0.4) is 0 Å². The number of amides is 1. The van der Waals surface area contributed by atoms with Gasteiger partial charge in [-0.05, 0) is 18.6 Å². The zero-order valence-corrected chi connectivity index (χ0v) is 14.3. The molecule has 0 saturated heterocycles. The van der Waals surface area contributed by atoms with Crippen molar-refractivity contribution < 1.29 is 4.79 Å². The zero-order chi connectivity index (χ0) is 17.3. The Hall–Kier alpha value is -2.57. The van der Waals surface area contributed by atoms with Gasteiger partial charge in [0.2, 0.25) is 5.91 Å². The van der Waals surface area contributed by atoms with Gasteiger partial charge in [0.25, 0.3) is 5.56 Å². The fraction of sp³-hybridized carbons (Fsp3) is 0.471. The molecule has 128 valence electrons. The van der Waals surface area contributed by atoms with E-state index in [-0.39, 0.29) is 24.1 Å². The summed E-state index contributed by atoms with van der Waals surface area (Å²) in [4.78, 5) is 28.6. The van der Waals surface area contributed by atoms with Crippen molar-refractivity contribution in [1.82, 2.24) is 19.2 Å². The summed E-state index contributed by atoms with van der Waals surface area (Å²) < 4.78 is 3.42. The molecular formula is C17H23N5O2. The van der Waals surface area contributed by atoms with Gasteiger partial charge < -0.3 is 14.4 Å². The molecule has 0 aliphatic carbocycles. The Balaban J connectivity index is 1.79. The lowest BCUT2D eigenvalue weighted by atomic mass is 10.1. The normalized spacial score (nSPS) is 16.8. The molecule has 1 aliphatic heterocycles. The number of hydrogen-bond acceptors (Lipinski definition) is 4. The number of fused-ring (bicyclic) bond motifs is 1. The second-order valence-electron chi connectivity index (χ2n) is 6.24. The highest BCUT2D eigenvalue weighted by Crippen LogP contribution is 2.28. The smallest absolute Gasteiger partial charge is 0.269 e. The van der Waals surface area contributed by atoms with E-state index in [9.17, 15) is 9.59 Å². The van der Waals surface area contributed by atoms with Crippen molar-refractivity contribution >= 4 is 11.6 Å². The Morgan fingerprint density at radius 3 is 2.83 bits per heavy atom. The molecule has 0 bridgehead atoms. The SMILES string of the molecule is CC[C@@H]1c2cccn2CCN1C(=O)Cn1ncc(N(C)C)cc1=O. The van der Waals surface area contributed by atoms with Gasteiger partial charge in [-0.1, -0.05) is 6.92 Å². The van der Waals surface area contributed by atoms with Gasteiger partial charge in [-0.3, -0.25) is 9.59 Å². The summed E-state index contributed by atoms with van der Waals surface area (Å²) in [5.41, 5.74) is 1.62. The molecule has 0 saturated carbocycles. The Kier molecular flexibility index (Phi) is 4.42. The van der Waals surface area contributed by atoms with E-state index in [2.05, 4.69) is 22.7 Å². The van der Waals surface area contributed by atoms with Gasteiger partial charge in [0.15, 0.2) is 0 Å². The first-order chi connectivity index (χ1) is 11.5. The third-order valence-corrected chi connectivity index (χ3v) is 4.53. The Morgan fingerprint density at radius 2 is 2.17 bits per heavy atom. The molecule has 1 amide bonds. The number of anilines is 1. The van der Waals surface area contributed by atoms with Crippen molar-refractivity contribution in [2.75, 3.05) is 25.5 Å². The third-order valence-electron chi connectivity index (χ3n) is 4.53. The zero-order valence-electron chi connectivity index (χ0n) is 14.3. The van der Waals surface area contributed by atoms with E-state index in [0.29, 0.717) is 6.54 Å². The van der Waals surface area contributed by atoms with Crippen molar-refractivity contribution in [3.63, 3.8) is 0 Å². The lowest BCUT2D eigenvalue weighted by molar-refractivity contribution is -0.135. The van der Waals surface area contributed by atoms with E-state index in [1.165, 1.54) is 10.7 Å². The van der Waals surface area contributed by atoms with Gasteiger partial charge in [-0.15, -0.1) is 0 Å². The second kappa shape index (κ2) is 6.51. The molecule has 0 unspecified atom stereocenters. The van der Waals surface area contributed by atoms with Gasteiger partial charge in [-0.25, -0.2) is 4.68 Å². The minimum atomic E-state index is -0.261. The van der Waals surface area contributed by atoms with Crippen molar-refractivity contribution in [2.24, 2.45) is 0 Å². The third kappa shape index (κ3) is 2.93. The number of nitrogens with zero attached hydrogens (tertiary/aromatic N) is 5. The number of aromatic nitrogens is 3. The van der Waals surface area contributed by atoms with Gasteiger partial charge in [-0.2, -0.15) is 5.10 Å². The molecule has 3 heterocycles. The summed E-state index contributed by atoms with van der Waals surface area (Å²) in [6, 6.07) is 5.62. The first-order valence-electron chi connectivity index (χ1n) is 8.20. The fourth-order valence-corrected chi connectivity index (χ4v) is 3.20. The van der Waals surface area contributed by atoms with Crippen molar-refractivity contribution in [3.8, 4) is 0 Å². The molecule has 0 aromatic carbocycles. The predicted molar refractivity (Wildman–Crippen MR) is 92.0 cm³/mol. The van der Waals surface area contributed by atoms with E-state index >= 15 is 0 Å². The quantitative estimate of drug-likeness (QED) is 0.843. The molecule has 0 radical (unpaired) electrons. The summed E-state index contributed by atoms with van der Waals surface area (Å²) in [6.45, 7) is 3.49. The molecule has 7 nitrogen and oxygen atoms in total. The standard InChI is InChI=1S/C17H23N5O2/c1-4-14-15-6-5-7-20(15)8-9-21(14)17(24)12-22-16(23)10-13(11-18-22)19(2)3/h5-7,10-11,14H,4,8-9,12H2,1-3H3/t14-/m1/s1. The Bertz CT molecular complexity index is 792. The van der Waals surface area contributed by atoms with Crippen LogP contribution in [0.15, 0.2) is 35.4 Å². The second-order valence-corrected chi connectivity index (χ2v) is 6.24. The average molecular weight is 329 g/mol. The number of hydrogen-bond donors (Lipinski definition) is 0. The highest BCUT2D eigenvalue weighted by Gasteiger charge is 2.29. The molecule has 0 N–H and O–H groups in total. The fourth-order valence-electron chi connectivity index (χ4n) is 3.20. The van der Waals surface area contributed by atoms with E-state index in [1.807, 2.05) is 36.2 Å². The molecule has 0 fully saturated rings. The van der Waals surface area contributed by atoms with Gasteiger partial charge in [0.05, 0.1) is 17.9 Å². The van der Waals surface area contributed by atoms with Crippen molar-refractivity contribution in [3.05, 3.63) is 46.6 Å². The first-order valence-corrected chi connectivity index (χ1v) is 8.20. The molecule has 0 spiro atoms. The summed E-state index contributed by atoms with van der Waals surface area (Å²) in [5.74, 6) is -0.0681. The summed E-state index contributed by atoms with van der Waals surface area (Å²) >= 11 is 0. The minimum absolute atomic E-state index is 0.0241. The number of carbonyl (C=O) groups excluding carboxylic acids is 1. The number of rotatable bonds is 4. The highest BCUT2D eigenvalue weighted by molar-refractivity contribution is 5.76. The van der Waals surface area contributed by atoms with E-state index < -0.39 is 0 Å². The predicted octanol–water partition coefficient (Wildman–Crippen LogP) is 1.10. The summed E-state index contributed by atoms with van der Waals surface area (Å²) in [5, 5.41) is 4.13. The van der Waals surface area contributed by atoms with Crippen molar-refractivity contribution in [1.29, 1.82) is 0 Å². The average Bonchev–Trinajstić information content (AvgIpc) is 3.04. The van der Waals surface area contributed by atoms with Crippen LogP contribution in [0.5, 0.6) is 0 Å². The minimum Gasteiger partial charge on any atom is -0.376 e. The molecular weight excluding hydrogens is 306 g/mol. The summed E-state index contributed by atoms with van der Waals surface area (Å²) in [7, 11) is 3.70. The van der Waals surface area contributed by atoms with Crippen LogP contribution in [-0.2, 0) is 17.9 Å². The highest BCUT2D eigenvalue weighted by atomic mass is 16.2. The van der Waals surface area contributed by atoms with E-state index in [0.717, 1.165) is 24.3 Å². The van der Waals surface area contributed by atoms with Crippen LogP contribution < -0.4 is 10.5 Å². The maximum absolute atomic E-state index is 12.7. The van der Waals surface area contributed by atoms with Crippen LogP contribution in [0.1, 0.15) is 25.1 Å². The van der Waals surface area contributed by atoms with Crippen molar-refractivity contribution in [2.45, 2.75) is 32.5 Å². The maximum atomic E-state index is 12.7. The first kappa shape index (κ1) is 16.3. The molecule has 1 atom stereocenters.